The number of aromatic nitrogens is 3. The first-order valence-electron chi connectivity index (χ1n) is 10.2. The summed E-state index contributed by atoms with van der Waals surface area (Å²) >= 11 is 3.49. The molecule has 0 radical (unpaired) electrons. The quantitative estimate of drug-likeness (QED) is 0.760. The van der Waals surface area contributed by atoms with Crippen molar-refractivity contribution in [2.75, 3.05) is 31.6 Å². The first-order chi connectivity index (χ1) is 14.1. The van der Waals surface area contributed by atoms with Gasteiger partial charge in [-0.3, -0.25) is 9.78 Å². The van der Waals surface area contributed by atoms with Crippen molar-refractivity contribution in [3.8, 4) is 0 Å². The minimum absolute atomic E-state index is 0.0271. The van der Waals surface area contributed by atoms with Crippen LogP contribution in [-0.2, 0) is 11.2 Å². The Morgan fingerprint density at radius 2 is 1.97 bits per heavy atom. The number of aryl methyl sites for hydroxylation is 1. The fourth-order valence-electron chi connectivity index (χ4n) is 4.75. The molecule has 1 spiro atoms. The van der Waals surface area contributed by atoms with Gasteiger partial charge in [-0.15, -0.1) is 0 Å². The number of amides is 1. The van der Waals surface area contributed by atoms with Crippen LogP contribution in [0.15, 0.2) is 29.1 Å². The van der Waals surface area contributed by atoms with Crippen LogP contribution in [0.2, 0.25) is 0 Å². The molecule has 152 valence electrons. The van der Waals surface area contributed by atoms with E-state index in [9.17, 15) is 4.79 Å². The standard InChI is InChI=1S/C21H24BrN5O2/c22-15-9-16-17(23-12-15)1-2-18(16)26-20-24-10-14(11-25-20)19(28)27-6-3-21(13-27)4-7-29-8-5-21/h9-12,18H,1-8,13H2,(H,24,25,26). The molecule has 5 rings (SSSR count). The number of pyridine rings is 1. The van der Waals surface area contributed by atoms with Crippen molar-refractivity contribution >= 4 is 27.8 Å². The second-order valence-corrected chi connectivity index (χ2v) is 9.23. The second-order valence-electron chi connectivity index (χ2n) is 8.31. The molecule has 0 aromatic carbocycles. The van der Waals surface area contributed by atoms with Gasteiger partial charge in [0.2, 0.25) is 5.95 Å². The van der Waals surface area contributed by atoms with Crippen molar-refractivity contribution in [1.82, 2.24) is 19.9 Å². The number of likely N-dealkylation sites (tertiary alicyclic amines) is 1. The summed E-state index contributed by atoms with van der Waals surface area (Å²) in [5.41, 5.74) is 3.10. The van der Waals surface area contributed by atoms with E-state index in [0.717, 1.165) is 68.6 Å². The number of carbonyl (C=O) groups is 1. The van der Waals surface area contributed by atoms with Crippen molar-refractivity contribution in [2.24, 2.45) is 5.41 Å². The molecule has 7 nitrogen and oxygen atoms in total. The van der Waals surface area contributed by atoms with E-state index in [1.54, 1.807) is 12.4 Å². The molecule has 1 unspecified atom stereocenters. The van der Waals surface area contributed by atoms with Gasteiger partial charge in [0.15, 0.2) is 0 Å². The van der Waals surface area contributed by atoms with Crippen LogP contribution in [0.25, 0.3) is 0 Å². The Balaban J connectivity index is 1.24. The fraction of sp³-hybridized carbons (Fsp3) is 0.524. The van der Waals surface area contributed by atoms with E-state index in [-0.39, 0.29) is 17.4 Å². The van der Waals surface area contributed by atoms with Gasteiger partial charge in [-0.25, -0.2) is 9.97 Å². The van der Waals surface area contributed by atoms with Gasteiger partial charge in [0.05, 0.1) is 11.6 Å². The molecular weight excluding hydrogens is 434 g/mol. The molecule has 1 atom stereocenters. The largest absolute Gasteiger partial charge is 0.381 e. The third-order valence-corrected chi connectivity index (χ3v) is 6.93. The highest BCUT2D eigenvalue weighted by Gasteiger charge is 2.41. The molecule has 4 heterocycles. The van der Waals surface area contributed by atoms with E-state index in [4.69, 9.17) is 4.74 Å². The molecule has 1 N–H and O–H groups in total. The third kappa shape index (κ3) is 3.75. The molecule has 2 aromatic heterocycles. The van der Waals surface area contributed by atoms with Crippen LogP contribution < -0.4 is 5.32 Å². The molecule has 1 aliphatic carbocycles. The number of hydrogen-bond acceptors (Lipinski definition) is 6. The number of ether oxygens (including phenoxy) is 1. The first kappa shape index (κ1) is 18.9. The maximum absolute atomic E-state index is 12.9. The van der Waals surface area contributed by atoms with Crippen LogP contribution in [-0.4, -0.2) is 52.1 Å². The normalized spacial score (nSPS) is 22.7. The lowest BCUT2D eigenvalue weighted by Crippen LogP contribution is -2.35. The number of hydrogen-bond donors (Lipinski definition) is 1. The van der Waals surface area contributed by atoms with Crippen LogP contribution in [0.1, 0.15) is 53.3 Å². The Kier molecular flexibility index (Phi) is 4.99. The molecule has 29 heavy (non-hydrogen) atoms. The number of anilines is 1. The highest BCUT2D eigenvalue weighted by Crippen LogP contribution is 2.40. The van der Waals surface area contributed by atoms with Gasteiger partial charge in [-0.1, -0.05) is 0 Å². The summed E-state index contributed by atoms with van der Waals surface area (Å²) in [6, 6.07) is 2.24. The Morgan fingerprint density at radius 1 is 1.17 bits per heavy atom. The van der Waals surface area contributed by atoms with Gasteiger partial charge in [0, 0.05) is 55.1 Å². The van der Waals surface area contributed by atoms with Crippen LogP contribution in [0.4, 0.5) is 5.95 Å². The summed E-state index contributed by atoms with van der Waals surface area (Å²) in [5, 5.41) is 3.38. The maximum Gasteiger partial charge on any atom is 0.257 e. The summed E-state index contributed by atoms with van der Waals surface area (Å²) in [4.78, 5) is 28.2. The summed E-state index contributed by atoms with van der Waals surface area (Å²) < 4.78 is 6.47. The highest BCUT2D eigenvalue weighted by atomic mass is 79.9. The van der Waals surface area contributed by atoms with Gasteiger partial charge >= 0.3 is 0 Å². The van der Waals surface area contributed by atoms with E-state index in [0.29, 0.717) is 11.5 Å². The van der Waals surface area contributed by atoms with Gasteiger partial charge in [0.25, 0.3) is 5.91 Å². The SMILES string of the molecule is O=C(c1cnc(NC2CCc3ncc(Br)cc32)nc1)N1CCC2(CCOCC2)C1. The van der Waals surface area contributed by atoms with Crippen molar-refractivity contribution in [3.05, 3.63) is 46.0 Å². The Hall–Kier alpha value is -2.06. The molecule has 8 heteroatoms. The maximum atomic E-state index is 12.9. The van der Waals surface area contributed by atoms with Crippen molar-refractivity contribution in [3.63, 3.8) is 0 Å². The number of halogens is 1. The average Bonchev–Trinajstić information content (AvgIpc) is 3.33. The zero-order valence-electron chi connectivity index (χ0n) is 16.2. The smallest absolute Gasteiger partial charge is 0.257 e. The number of carbonyl (C=O) groups excluding carboxylic acids is 1. The summed E-state index contributed by atoms with van der Waals surface area (Å²) in [5.74, 6) is 0.570. The minimum Gasteiger partial charge on any atom is -0.381 e. The number of rotatable bonds is 3. The molecule has 0 bridgehead atoms. The van der Waals surface area contributed by atoms with E-state index in [1.807, 2.05) is 11.1 Å². The van der Waals surface area contributed by atoms with Crippen LogP contribution in [0.5, 0.6) is 0 Å². The fourth-order valence-corrected chi connectivity index (χ4v) is 5.10. The predicted molar refractivity (Wildman–Crippen MR) is 112 cm³/mol. The first-order valence-corrected chi connectivity index (χ1v) is 11.0. The number of nitrogens with one attached hydrogen (secondary N) is 1. The van der Waals surface area contributed by atoms with Gasteiger partial charge in [-0.05, 0) is 65.1 Å². The predicted octanol–water partition coefficient (Wildman–Crippen LogP) is 3.38. The Labute approximate surface area is 178 Å². The zero-order valence-corrected chi connectivity index (χ0v) is 17.8. The van der Waals surface area contributed by atoms with Gasteiger partial charge < -0.3 is 15.0 Å². The molecule has 2 aromatic rings. The van der Waals surface area contributed by atoms with E-state index in [1.165, 1.54) is 5.56 Å². The molecule has 2 aliphatic heterocycles. The van der Waals surface area contributed by atoms with Crippen molar-refractivity contribution < 1.29 is 9.53 Å². The summed E-state index contributed by atoms with van der Waals surface area (Å²) in [7, 11) is 0. The van der Waals surface area contributed by atoms with Gasteiger partial charge in [0.1, 0.15) is 0 Å². The molecule has 1 amide bonds. The van der Waals surface area contributed by atoms with Gasteiger partial charge in [-0.2, -0.15) is 0 Å². The molecule has 0 saturated carbocycles. The Bertz CT molecular complexity index is 914. The van der Waals surface area contributed by atoms with Crippen LogP contribution in [0, 0.1) is 5.41 Å². The van der Waals surface area contributed by atoms with Crippen LogP contribution in [0.3, 0.4) is 0 Å². The number of fused-ring (bicyclic) bond motifs is 1. The second kappa shape index (κ2) is 7.65. The van der Waals surface area contributed by atoms with Crippen molar-refractivity contribution in [2.45, 2.75) is 38.1 Å². The van der Waals surface area contributed by atoms with E-state index in [2.05, 4.69) is 42.3 Å². The molecule has 2 fully saturated rings. The van der Waals surface area contributed by atoms with Crippen molar-refractivity contribution in [1.29, 1.82) is 0 Å². The molecule has 3 aliphatic rings. The van der Waals surface area contributed by atoms with E-state index < -0.39 is 0 Å². The lowest BCUT2D eigenvalue weighted by Gasteiger charge is -2.33. The third-order valence-electron chi connectivity index (χ3n) is 6.50. The topological polar surface area (TPSA) is 80.2 Å². The Morgan fingerprint density at radius 3 is 2.76 bits per heavy atom. The highest BCUT2D eigenvalue weighted by molar-refractivity contribution is 9.10. The lowest BCUT2D eigenvalue weighted by atomic mass is 9.80. The molecular formula is C21H24BrN5O2. The summed E-state index contributed by atoms with van der Waals surface area (Å²) in [6.07, 6.45) is 10.2. The summed E-state index contributed by atoms with van der Waals surface area (Å²) in [6.45, 7) is 3.24. The van der Waals surface area contributed by atoms with Crippen LogP contribution >= 0.6 is 15.9 Å². The molecule has 2 saturated heterocycles. The lowest BCUT2D eigenvalue weighted by molar-refractivity contribution is 0.0191. The van der Waals surface area contributed by atoms with E-state index >= 15 is 0 Å². The number of nitrogens with zero attached hydrogens (tertiary/aromatic N) is 4. The average molecular weight is 458 g/mol. The zero-order chi connectivity index (χ0) is 19.8. The monoisotopic (exact) mass is 457 g/mol. The minimum atomic E-state index is 0.0271.